The van der Waals surface area contributed by atoms with Crippen molar-refractivity contribution < 1.29 is 0 Å². The summed E-state index contributed by atoms with van der Waals surface area (Å²) < 4.78 is 2.19. The van der Waals surface area contributed by atoms with Crippen LogP contribution in [0, 0.1) is 0 Å². The molecule has 0 saturated carbocycles. The molecule has 0 saturated heterocycles. The Labute approximate surface area is 113 Å². The van der Waals surface area contributed by atoms with Gasteiger partial charge in [0.25, 0.3) is 0 Å². The van der Waals surface area contributed by atoms with Crippen molar-refractivity contribution in [3.8, 4) is 0 Å². The first-order valence-corrected chi connectivity index (χ1v) is 6.85. The summed E-state index contributed by atoms with van der Waals surface area (Å²) in [6.07, 6.45) is 9.22. The number of rotatable bonds is 4. The number of benzene rings is 1. The average Bonchev–Trinajstić information content (AvgIpc) is 2.90. The fourth-order valence-electron chi connectivity index (χ4n) is 2.45. The Morgan fingerprint density at radius 3 is 2.68 bits per heavy atom. The Morgan fingerprint density at radius 1 is 1.05 bits per heavy atom. The molecule has 3 rings (SSSR count). The van der Waals surface area contributed by atoms with Crippen LogP contribution in [0.5, 0.6) is 0 Å². The Morgan fingerprint density at radius 2 is 1.89 bits per heavy atom. The maximum atomic E-state index is 4.55. The van der Waals surface area contributed by atoms with Crippen LogP contribution in [0.4, 0.5) is 0 Å². The van der Waals surface area contributed by atoms with Crippen molar-refractivity contribution >= 4 is 5.52 Å². The molecule has 96 valence electrons. The Kier molecular flexibility index (Phi) is 3.32. The van der Waals surface area contributed by atoms with Crippen molar-refractivity contribution in [3.63, 3.8) is 0 Å². The maximum Gasteiger partial charge on any atom is 0.0669 e. The van der Waals surface area contributed by atoms with Gasteiger partial charge in [-0.1, -0.05) is 37.3 Å². The van der Waals surface area contributed by atoms with Gasteiger partial charge in [-0.05, 0) is 36.5 Å². The first-order valence-electron chi connectivity index (χ1n) is 6.85. The summed E-state index contributed by atoms with van der Waals surface area (Å²) in [5, 5.41) is 0. The third-order valence-corrected chi connectivity index (χ3v) is 3.56. The van der Waals surface area contributed by atoms with E-state index in [-0.39, 0.29) is 0 Å². The Hall–Kier alpha value is -2.09. The molecular weight excluding hydrogens is 232 g/mol. The predicted molar refractivity (Wildman–Crippen MR) is 78.4 cm³/mol. The molecular formula is C17H18N2. The summed E-state index contributed by atoms with van der Waals surface area (Å²) in [5.41, 5.74) is 5.17. The van der Waals surface area contributed by atoms with Gasteiger partial charge < -0.3 is 4.40 Å². The minimum atomic E-state index is 0.988. The topological polar surface area (TPSA) is 17.3 Å². The van der Waals surface area contributed by atoms with Crippen molar-refractivity contribution in [3.05, 3.63) is 71.8 Å². The molecule has 0 radical (unpaired) electrons. The van der Waals surface area contributed by atoms with Crippen molar-refractivity contribution in [1.82, 2.24) is 9.38 Å². The lowest BCUT2D eigenvalue weighted by Crippen LogP contribution is -1.97. The van der Waals surface area contributed by atoms with Crippen LogP contribution in [-0.2, 0) is 19.3 Å². The Balaban J connectivity index is 1.86. The minimum Gasteiger partial charge on any atom is -0.320 e. The summed E-state index contributed by atoms with van der Waals surface area (Å²) >= 11 is 0. The largest absolute Gasteiger partial charge is 0.320 e. The number of nitrogens with zero attached hydrogens (tertiary/aromatic N) is 2. The SMILES string of the molecule is CCc1cc2c(CCc3ccccc3)nccn2c1. The van der Waals surface area contributed by atoms with Gasteiger partial charge in [-0.2, -0.15) is 0 Å². The highest BCUT2D eigenvalue weighted by molar-refractivity contribution is 5.54. The molecule has 0 aliphatic carbocycles. The van der Waals surface area contributed by atoms with E-state index in [0.29, 0.717) is 0 Å². The third-order valence-electron chi connectivity index (χ3n) is 3.56. The summed E-state index contributed by atoms with van der Waals surface area (Å²) in [7, 11) is 0. The van der Waals surface area contributed by atoms with Crippen LogP contribution in [0.3, 0.4) is 0 Å². The molecule has 19 heavy (non-hydrogen) atoms. The molecule has 2 nitrogen and oxygen atoms in total. The van der Waals surface area contributed by atoms with E-state index >= 15 is 0 Å². The molecule has 0 aliphatic rings. The summed E-state index contributed by atoms with van der Waals surface area (Å²) in [4.78, 5) is 4.55. The first kappa shape index (κ1) is 12.0. The van der Waals surface area contributed by atoms with E-state index in [1.165, 1.54) is 22.3 Å². The van der Waals surface area contributed by atoms with E-state index in [9.17, 15) is 0 Å². The molecule has 0 unspecified atom stereocenters. The van der Waals surface area contributed by atoms with Crippen LogP contribution < -0.4 is 0 Å². The molecule has 0 bridgehead atoms. The van der Waals surface area contributed by atoms with Crippen LogP contribution in [0.25, 0.3) is 5.52 Å². The van der Waals surface area contributed by atoms with Gasteiger partial charge >= 0.3 is 0 Å². The molecule has 0 fully saturated rings. The quantitative estimate of drug-likeness (QED) is 0.690. The summed E-state index contributed by atoms with van der Waals surface area (Å²) in [5.74, 6) is 0. The second-order valence-electron chi connectivity index (χ2n) is 4.85. The number of hydrogen-bond donors (Lipinski definition) is 0. The molecule has 3 aromatic rings. The zero-order chi connectivity index (χ0) is 13.1. The molecule has 0 atom stereocenters. The molecule has 2 heterocycles. The third kappa shape index (κ3) is 2.53. The van der Waals surface area contributed by atoms with E-state index in [1.807, 2.05) is 12.4 Å². The Bertz CT molecular complexity index is 668. The van der Waals surface area contributed by atoms with Crippen molar-refractivity contribution in [2.24, 2.45) is 0 Å². The maximum absolute atomic E-state index is 4.55. The molecule has 1 aromatic carbocycles. The minimum absolute atomic E-state index is 0.988. The van der Waals surface area contributed by atoms with Crippen LogP contribution in [-0.4, -0.2) is 9.38 Å². The lowest BCUT2D eigenvalue weighted by atomic mass is 10.1. The van der Waals surface area contributed by atoms with Gasteiger partial charge in [0.2, 0.25) is 0 Å². The molecule has 0 aliphatic heterocycles. The molecule has 0 spiro atoms. The normalized spacial score (nSPS) is 11.0. The van der Waals surface area contributed by atoms with Crippen LogP contribution in [0.15, 0.2) is 55.0 Å². The van der Waals surface area contributed by atoms with Crippen LogP contribution >= 0.6 is 0 Å². The second-order valence-corrected chi connectivity index (χ2v) is 4.85. The number of fused-ring (bicyclic) bond motifs is 1. The van der Waals surface area contributed by atoms with E-state index in [2.05, 4.69) is 58.9 Å². The predicted octanol–water partition coefficient (Wildman–Crippen LogP) is 3.68. The zero-order valence-corrected chi connectivity index (χ0v) is 11.2. The fourth-order valence-corrected chi connectivity index (χ4v) is 2.45. The zero-order valence-electron chi connectivity index (χ0n) is 11.2. The molecule has 0 amide bonds. The highest BCUT2D eigenvalue weighted by Gasteiger charge is 2.05. The van der Waals surface area contributed by atoms with E-state index in [4.69, 9.17) is 0 Å². The van der Waals surface area contributed by atoms with Gasteiger partial charge in [0.05, 0.1) is 11.2 Å². The lowest BCUT2D eigenvalue weighted by molar-refractivity contribution is 0.907. The average molecular weight is 250 g/mol. The van der Waals surface area contributed by atoms with Gasteiger partial charge in [0.1, 0.15) is 0 Å². The van der Waals surface area contributed by atoms with Crippen LogP contribution in [0.1, 0.15) is 23.7 Å². The number of aromatic nitrogens is 2. The number of hydrogen-bond acceptors (Lipinski definition) is 1. The van der Waals surface area contributed by atoms with E-state index < -0.39 is 0 Å². The second kappa shape index (κ2) is 5.27. The lowest BCUT2D eigenvalue weighted by Gasteiger charge is -2.04. The van der Waals surface area contributed by atoms with Crippen molar-refractivity contribution in [2.45, 2.75) is 26.2 Å². The van der Waals surface area contributed by atoms with Gasteiger partial charge in [0.15, 0.2) is 0 Å². The van der Waals surface area contributed by atoms with Gasteiger partial charge in [-0.3, -0.25) is 4.98 Å². The van der Waals surface area contributed by atoms with Crippen molar-refractivity contribution in [1.29, 1.82) is 0 Å². The summed E-state index contributed by atoms with van der Waals surface area (Å²) in [6.45, 7) is 2.19. The van der Waals surface area contributed by atoms with Gasteiger partial charge in [-0.25, -0.2) is 0 Å². The molecule has 2 heteroatoms. The van der Waals surface area contributed by atoms with E-state index in [1.54, 1.807) is 0 Å². The van der Waals surface area contributed by atoms with Gasteiger partial charge in [-0.15, -0.1) is 0 Å². The van der Waals surface area contributed by atoms with E-state index in [0.717, 1.165) is 19.3 Å². The summed E-state index contributed by atoms with van der Waals surface area (Å²) in [6, 6.07) is 12.9. The van der Waals surface area contributed by atoms with Gasteiger partial charge in [0, 0.05) is 18.6 Å². The monoisotopic (exact) mass is 250 g/mol. The highest BCUT2D eigenvalue weighted by atomic mass is 14.9. The molecule has 0 N–H and O–H groups in total. The van der Waals surface area contributed by atoms with Crippen LogP contribution in [0.2, 0.25) is 0 Å². The molecule has 2 aromatic heterocycles. The standard InChI is InChI=1S/C17H18N2/c1-2-14-12-17-16(18-10-11-19(17)13-14)9-8-15-6-4-3-5-7-15/h3-7,10-13H,2,8-9H2,1H3. The number of aryl methyl sites for hydroxylation is 3. The smallest absolute Gasteiger partial charge is 0.0669 e. The first-order chi connectivity index (χ1) is 9.36. The van der Waals surface area contributed by atoms with Crippen molar-refractivity contribution in [2.75, 3.05) is 0 Å². The fraction of sp³-hybridized carbons (Fsp3) is 0.235. The highest BCUT2D eigenvalue weighted by Crippen LogP contribution is 2.15.